The molecule has 1 aliphatic heterocycles. The monoisotopic (exact) mass is 252 g/mol. The van der Waals surface area contributed by atoms with Crippen molar-refractivity contribution in [3.05, 3.63) is 0 Å². The quantitative estimate of drug-likeness (QED) is 0.815. The fourth-order valence-corrected chi connectivity index (χ4v) is 3.48. The van der Waals surface area contributed by atoms with E-state index < -0.39 is 0 Å². The second-order valence-electron chi connectivity index (χ2n) is 5.95. The normalized spacial score (nSPS) is 23.3. The van der Waals surface area contributed by atoms with E-state index >= 15 is 0 Å². The van der Waals surface area contributed by atoms with Crippen LogP contribution in [-0.4, -0.2) is 37.0 Å². The molecule has 0 bridgehead atoms. The van der Waals surface area contributed by atoms with E-state index in [1.54, 1.807) is 0 Å². The molecule has 18 heavy (non-hydrogen) atoms. The lowest BCUT2D eigenvalue weighted by atomic mass is 9.89. The molecule has 0 aromatic rings. The Kier molecular flexibility index (Phi) is 5.48. The number of carbonyl (C=O) groups excluding carboxylic acids is 1. The van der Waals surface area contributed by atoms with Gasteiger partial charge in [-0.3, -0.25) is 4.79 Å². The van der Waals surface area contributed by atoms with Gasteiger partial charge in [0.25, 0.3) is 0 Å². The summed E-state index contributed by atoms with van der Waals surface area (Å²) in [5, 5.41) is 3.32. The lowest BCUT2D eigenvalue weighted by Gasteiger charge is -2.31. The topological polar surface area (TPSA) is 32.3 Å². The van der Waals surface area contributed by atoms with Gasteiger partial charge in [0.15, 0.2) is 0 Å². The van der Waals surface area contributed by atoms with Crippen LogP contribution in [0.5, 0.6) is 0 Å². The maximum absolute atomic E-state index is 12.6. The Morgan fingerprint density at radius 2 is 1.94 bits per heavy atom. The number of amides is 1. The van der Waals surface area contributed by atoms with E-state index in [9.17, 15) is 4.79 Å². The molecule has 2 rings (SSSR count). The van der Waals surface area contributed by atoms with Gasteiger partial charge in [-0.2, -0.15) is 0 Å². The first-order valence-electron chi connectivity index (χ1n) is 7.80. The van der Waals surface area contributed by atoms with Gasteiger partial charge in [0.1, 0.15) is 0 Å². The first-order chi connectivity index (χ1) is 8.81. The highest BCUT2D eigenvalue weighted by Crippen LogP contribution is 2.32. The van der Waals surface area contributed by atoms with Crippen LogP contribution >= 0.6 is 0 Å². The molecule has 2 aliphatic rings. The van der Waals surface area contributed by atoms with Crippen LogP contribution in [0.4, 0.5) is 0 Å². The summed E-state index contributed by atoms with van der Waals surface area (Å²) < 4.78 is 0. The summed E-state index contributed by atoms with van der Waals surface area (Å²) in [6.07, 6.45) is 8.84. The lowest BCUT2D eigenvalue weighted by molar-refractivity contribution is -0.137. The van der Waals surface area contributed by atoms with Crippen molar-refractivity contribution in [2.45, 2.75) is 51.9 Å². The molecule has 0 aromatic heterocycles. The van der Waals surface area contributed by atoms with Crippen molar-refractivity contribution < 1.29 is 4.79 Å². The second kappa shape index (κ2) is 7.13. The van der Waals surface area contributed by atoms with Crippen LogP contribution in [0.3, 0.4) is 0 Å². The van der Waals surface area contributed by atoms with E-state index in [4.69, 9.17) is 0 Å². The number of piperazine rings is 1. The van der Waals surface area contributed by atoms with Gasteiger partial charge in [-0.1, -0.05) is 39.0 Å². The van der Waals surface area contributed by atoms with Crippen molar-refractivity contribution in [1.29, 1.82) is 0 Å². The molecule has 1 saturated heterocycles. The SMILES string of the molecule is CCCC(CC1CCCC1)C(=O)N1CCNCC1. The van der Waals surface area contributed by atoms with Gasteiger partial charge in [-0.15, -0.1) is 0 Å². The number of hydrogen-bond acceptors (Lipinski definition) is 2. The van der Waals surface area contributed by atoms with E-state index in [1.807, 2.05) is 0 Å². The van der Waals surface area contributed by atoms with Crippen LogP contribution in [0.15, 0.2) is 0 Å². The zero-order chi connectivity index (χ0) is 12.8. The molecule has 1 aliphatic carbocycles. The molecular weight excluding hydrogens is 224 g/mol. The molecule has 2 fully saturated rings. The maximum atomic E-state index is 12.6. The summed E-state index contributed by atoms with van der Waals surface area (Å²) in [5.74, 6) is 1.56. The highest BCUT2D eigenvalue weighted by Gasteiger charge is 2.28. The Bertz CT molecular complexity index is 255. The molecule has 1 N–H and O–H groups in total. The predicted octanol–water partition coefficient (Wildman–Crippen LogP) is 2.41. The zero-order valence-electron chi connectivity index (χ0n) is 11.8. The fraction of sp³-hybridized carbons (Fsp3) is 0.933. The van der Waals surface area contributed by atoms with Crippen molar-refractivity contribution in [2.75, 3.05) is 26.2 Å². The Labute approximate surface area is 111 Å². The number of nitrogens with zero attached hydrogens (tertiary/aromatic N) is 1. The highest BCUT2D eigenvalue weighted by atomic mass is 16.2. The van der Waals surface area contributed by atoms with Gasteiger partial charge in [-0.25, -0.2) is 0 Å². The van der Waals surface area contributed by atoms with Gasteiger partial charge in [0.05, 0.1) is 0 Å². The molecule has 1 heterocycles. The van der Waals surface area contributed by atoms with Crippen LogP contribution in [0, 0.1) is 11.8 Å². The Morgan fingerprint density at radius 3 is 2.56 bits per heavy atom. The average Bonchev–Trinajstić information content (AvgIpc) is 2.91. The van der Waals surface area contributed by atoms with E-state index in [0.717, 1.165) is 51.4 Å². The third-order valence-corrected chi connectivity index (χ3v) is 4.51. The highest BCUT2D eigenvalue weighted by molar-refractivity contribution is 5.79. The molecule has 1 saturated carbocycles. The molecule has 0 radical (unpaired) electrons. The number of carbonyl (C=O) groups is 1. The fourth-order valence-electron chi connectivity index (χ4n) is 3.48. The maximum Gasteiger partial charge on any atom is 0.225 e. The van der Waals surface area contributed by atoms with Crippen LogP contribution in [-0.2, 0) is 4.79 Å². The largest absolute Gasteiger partial charge is 0.340 e. The zero-order valence-corrected chi connectivity index (χ0v) is 11.8. The third kappa shape index (κ3) is 3.71. The molecule has 104 valence electrons. The molecule has 0 spiro atoms. The van der Waals surface area contributed by atoms with Crippen molar-refractivity contribution in [3.8, 4) is 0 Å². The smallest absolute Gasteiger partial charge is 0.225 e. The summed E-state index contributed by atoms with van der Waals surface area (Å²) >= 11 is 0. The minimum Gasteiger partial charge on any atom is -0.340 e. The average molecular weight is 252 g/mol. The molecule has 0 aromatic carbocycles. The molecular formula is C15H28N2O. The first-order valence-corrected chi connectivity index (χ1v) is 7.80. The van der Waals surface area contributed by atoms with Gasteiger partial charge in [-0.05, 0) is 18.8 Å². The summed E-state index contributed by atoms with van der Waals surface area (Å²) in [6, 6.07) is 0. The van der Waals surface area contributed by atoms with E-state index in [-0.39, 0.29) is 0 Å². The Morgan fingerprint density at radius 1 is 1.28 bits per heavy atom. The molecule has 1 unspecified atom stereocenters. The number of rotatable bonds is 5. The number of hydrogen-bond donors (Lipinski definition) is 1. The van der Waals surface area contributed by atoms with Crippen LogP contribution < -0.4 is 5.32 Å². The Balaban J connectivity index is 1.87. The van der Waals surface area contributed by atoms with Crippen LogP contribution in [0.25, 0.3) is 0 Å². The van der Waals surface area contributed by atoms with Crippen molar-refractivity contribution in [3.63, 3.8) is 0 Å². The molecule has 1 atom stereocenters. The lowest BCUT2D eigenvalue weighted by Crippen LogP contribution is -2.48. The van der Waals surface area contributed by atoms with E-state index in [2.05, 4.69) is 17.1 Å². The van der Waals surface area contributed by atoms with Crippen molar-refractivity contribution >= 4 is 5.91 Å². The summed E-state index contributed by atoms with van der Waals surface area (Å²) in [6.45, 7) is 5.95. The van der Waals surface area contributed by atoms with Crippen molar-refractivity contribution in [1.82, 2.24) is 10.2 Å². The van der Waals surface area contributed by atoms with E-state index in [1.165, 1.54) is 25.7 Å². The first kappa shape index (κ1) is 13.9. The number of nitrogens with one attached hydrogen (secondary N) is 1. The van der Waals surface area contributed by atoms with Crippen molar-refractivity contribution in [2.24, 2.45) is 11.8 Å². The minimum atomic E-state index is 0.302. The standard InChI is InChI=1S/C15H28N2O/c1-2-5-14(12-13-6-3-4-7-13)15(18)17-10-8-16-9-11-17/h13-14,16H,2-12H2,1H3. The Hall–Kier alpha value is -0.570. The third-order valence-electron chi connectivity index (χ3n) is 4.51. The summed E-state index contributed by atoms with van der Waals surface area (Å²) in [4.78, 5) is 14.7. The molecule has 3 nitrogen and oxygen atoms in total. The van der Waals surface area contributed by atoms with Gasteiger partial charge >= 0.3 is 0 Å². The molecule has 3 heteroatoms. The van der Waals surface area contributed by atoms with Gasteiger partial charge in [0.2, 0.25) is 5.91 Å². The minimum absolute atomic E-state index is 0.302. The van der Waals surface area contributed by atoms with E-state index in [0.29, 0.717) is 11.8 Å². The predicted molar refractivity (Wildman–Crippen MR) is 74.4 cm³/mol. The van der Waals surface area contributed by atoms with Crippen LogP contribution in [0.1, 0.15) is 51.9 Å². The second-order valence-corrected chi connectivity index (χ2v) is 5.95. The summed E-state index contributed by atoms with van der Waals surface area (Å²) in [7, 11) is 0. The van der Waals surface area contributed by atoms with Gasteiger partial charge < -0.3 is 10.2 Å². The van der Waals surface area contributed by atoms with Gasteiger partial charge in [0, 0.05) is 32.1 Å². The van der Waals surface area contributed by atoms with Crippen LogP contribution in [0.2, 0.25) is 0 Å². The molecule has 1 amide bonds. The summed E-state index contributed by atoms with van der Waals surface area (Å²) in [5.41, 5.74) is 0.